The summed E-state index contributed by atoms with van der Waals surface area (Å²) in [4.78, 5) is 21.2. The molecular weight excluding hydrogens is 268 g/mol. The Hall–Kier alpha value is -1.76. The smallest absolute Gasteiger partial charge is 0.337 e. The number of nitrogens with one attached hydrogen (secondary N) is 1. The van der Waals surface area contributed by atoms with Crippen molar-refractivity contribution in [2.24, 2.45) is 5.92 Å². The van der Waals surface area contributed by atoms with Gasteiger partial charge in [0.05, 0.1) is 16.2 Å². The fourth-order valence-corrected chi connectivity index (χ4v) is 2.29. The van der Waals surface area contributed by atoms with E-state index in [1.807, 2.05) is 13.2 Å². The van der Waals surface area contributed by atoms with Crippen molar-refractivity contribution in [2.45, 2.75) is 6.92 Å². The van der Waals surface area contributed by atoms with E-state index in [-0.39, 0.29) is 16.9 Å². The van der Waals surface area contributed by atoms with E-state index < -0.39 is 10.9 Å². The minimum atomic E-state index is -1.10. The Labute approximate surface area is 115 Å². The van der Waals surface area contributed by atoms with Gasteiger partial charge in [-0.05, 0) is 24.0 Å². The minimum absolute atomic E-state index is 0.0435. The van der Waals surface area contributed by atoms with E-state index in [0.29, 0.717) is 12.5 Å². The van der Waals surface area contributed by atoms with Gasteiger partial charge in [0.25, 0.3) is 5.69 Å². The number of nitrogens with zero attached hydrogens (tertiary/aromatic N) is 1. The summed E-state index contributed by atoms with van der Waals surface area (Å²) in [5.74, 6) is 0.176. The molecule has 0 bridgehead atoms. The number of carboxylic acid groups (broad SMARTS) is 1. The molecule has 0 saturated carbocycles. The van der Waals surface area contributed by atoms with Crippen LogP contribution in [-0.2, 0) is 0 Å². The van der Waals surface area contributed by atoms with Crippen LogP contribution in [0.15, 0.2) is 18.2 Å². The number of anilines is 1. The first kappa shape index (κ1) is 15.3. The number of rotatable bonds is 7. The van der Waals surface area contributed by atoms with Crippen molar-refractivity contribution in [3.63, 3.8) is 0 Å². The van der Waals surface area contributed by atoms with E-state index in [0.717, 1.165) is 5.75 Å². The van der Waals surface area contributed by atoms with Gasteiger partial charge in [0.15, 0.2) is 0 Å². The van der Waals surface area contributed by atoms with Crippen molar-refractivity contribution in [1.82, 2.24) is 0 Å². The maximum absolute atomic E-state index is 11.1. The number of carboxylic acids is 1. The monoisotopic (exact) mass is 284 g/mol. The lowest BCUT2D eigenvalue weighted by atomic mass is 10.1. The Balaban J connectivity index is 2.91. The number of non-ortho nitro benzene ring substituents is 1. The number of hydrogen-bond acceptors (Lipinski definition) is 5. The number of aromatic carboxylic acids is 1. The molecule has 104 valence electrons. The molecule has 1 aromatic carbocycles. The highest BCUT2D eigenvalue weighted by molar-refractivity contribution is 7.98. The largest absolute Gasteiger partial charge is 0.478 e. The van der Waals surface area contributed by atoms with Crippen LogP contribution in [0, 0.1) is 16.0 Å². The normalized spacial score (nSPS) is 11.9. The van der Waals surface area contributed by atoms with Crippen LogP contribution in [0.25, 0.3) is 0 Å². The third-order valence-electron chi connectivity index (χ3n) is 2.54. The summed E-state index contributed by atoms with van der Waals surface area (Å²) in [6, 6.07) is 3.71. The number of benzene rings is 1. The van der Waals surface area contributed by atoms with Crippen LogP contribution in [0.5, 0.6) is 0 Å². The molecule has 7 heteroatoms. The number of hydrogen-bond donors (Lipinski definition) is 2. The van der Waals surface area contributed by atoms with Crippen LogP contribution in [0.1, 0.15) is 17.3 Å². The number of nitro groups is 1. The Morgan fingerprint density at radius 3 is 2.79 bits per heavy atom. The van der Waals surface area contributed by atoms with Gasteiger partial charge >= 0.3 is 5.97 Å². The van der Waals surface area contributed by atoms with Gasteiger partial charge in [-0.1, -0.05) is 6.92 Å². The molecule has 0 aromatic heterocycles. The Morgan fingerprint density at radius 2 is 2.26 bits per heavy atom. The van der Waals surface area contributed by atoms with Crippen LogP contribution in [0.3, 0.4) is 0 Å². The fourth-order valence-electron chi connectivity index (χ4n) is 1.61. The summed E-state index contributed by atoms with van der Waals surface area (Å²) in [7, 11) is 0. The summed E-state index contributed by atoms with van der Waals surface area (Å²) in [5, 5.41) is 22.7. The summed E-state index contributed by atoms with van der Waals surface area (Å²) >= 11 is 1.70. The second-order valence-electron chi connectivity index (χ2n) is 4.23. The van der Waals surface area contributed by atoms with Crippen molar-refractivity contribution >= 4 is 29.1 Å². The van der Waals surface area contributed by atoms with E-state index in [4.69, 9.17) is 5.11 Å². The van der Waals surface area contributed by atoms with Gasteiger partial charge < -0.3 is 10.4 Å². The first-order chi connectivity index (χ1) is 8.95. The molecule has 0 fully saturated rings. The minimum Gasteiger partial charge on any atom is -0.478 e. The molecule has 19 heavy (non-hydrogen) atoms. The number of carbonyl (C=O) groups is 1. The first-order valence-electron chi connectivity index (χ1n) is 5.70. The lowest BCUT2D eigenvalue weighted by molar-refractivity contribution is -0.384. The molecule has 0 aliphatic carbocycles. The van der Waals surface area contributed by atoms with Crippen molar-refractivity contribution in [3.8, 4) is 0 Å². The zero-order chi connectivity index (χ0) is 14.4. The molecule has 0 aliphatic heterocycles. The summed E-state index contributed by atoms with van der Waals surface area (Å²) in [6.07, 6.45) is 1.99. The highest BCUT2D eigenvalue weighted by Gasteiger charge is 2.15. The molecule has 2 N–H and O–H groups in total. The van der Waals surface area contributed by atoms with Gasteiger partial charge in [0.2, 0.25) is 0 Å². The van der Waals surface area contributed by atoms with Crippen molar-refractivity contribution in [1.29, 1.82) is 0 Å². The van der Waals surface area contributed by atoms with Crippen LogP contribution in [0.4, 0.5) is 11.4 Å². The Bertz CT molecular complexity index is 479. The van der Waals surface area contributed by atoms with Crippen LogP contribution in [-0.4, -0.2) is 34.6 Å². The van der Waals surface area contributed by atoms with Crippen molar-refractivity contribution in [2.75, 3.05) is 23.9 Å². The van der Waals surface area contributed by atoms with Gasteiger partial charge in [-0.3, -0.25) is 10.1 Å². The molecule has 0 amide bonds. The second-order valence-corrected chi connectivity index (χ2v) is 5.14. The van der Waals surface area contributed by atoms with E-state index >= 15 is 0 Å². The molecule has 0 spiro atoms. The molecule has 6 nitrogen and oxygen atoms in total. The second kappa shape index (κ2) is 6.98. The van der Waals surface area contributed by atoms with E-state index in [1.54, 1.807) is 11.8 Å². The SMILES string of the molecule is CSCC(C)CNc1cc([N+](=O)[O-])ccc1C(=O)O. The summed E-state index contributed by atoms with van der Waals surface area (Å²) in [6.45, 7) is 2.60. The molecule has 1 rings (SSSR count). The standard InChI is InChI=1S/C12H16N2O4S/c1-8(7-19-2)6-13-11-5-9(14(17)18)3-4-10(11)12(15)16/h3-5,8,13H,6-7H2,1-2H3,(H,15,16). The highest BCUT2D eigenvalue weighted by Crippen LogP contribution is 2.23. The van der Waals surface area contributed by atoms with Gasteiger partial charge in [0, 0.05) is 18.7 Å². The first-order valence-corrected chi connectivity index (χ1v) is 7.09. The van der Waals surface area contributed by atoms with Crippen molar-refractivity contribution in [3.05, 3.63) is 33.9 Å². The van der Waals surface area contributed by atoms with E-state index in [9.17, 15) is 14.9 Å². The average Bonchev–Trinajstić information content (AvgIpc) is 2.36. The maximum Gasteiger partial charge on any atom is 0.337 e. The molecule has 0 saturated heterocycles. The van der Waals surface area contributed by atoms with Crippen LogP contribution < -0.4 is 5.32 Å². The zero-order valence-electron chi connectivity index (χ0n) is 10.8. The third-order valence-corrected chi connectivity index (χ3v) is 3.44. The van der Waals surface area contributed by atoms with Gasteiger partial charge in [0.1, 0.15) is 0 Å². The van der Waals surface area contributed by atoms with E-state index in [2.05, 4.69) is 5.32 Å². The quantitative estimate of drug-likeness (QED) is 0.590. The third kappa shape index (κ3) is 4.44. The molecule has 1 unspecified atom stereocenters. The van der Waals surface area contributed by atoms with Gasteiger partial charge in [-0.15, -0.1) is 0 Å². The van der Waals surface area contributed by atoms with Crippen molar-refractivity contribution < 1.29 is 14.8 Å². The summed E-state index contributed by atoms with van der Waals surface area (Å²) in [5.41, 5.74) is 0.210. The molecule has 0 radical (unpaired) electrons. The van der Waals surface area contributed by atoms with Crippen LogP contribution >= 0.6 is 11.8 Å². The molecule has 1 aromatic rings. The Kier molecular flexibility index (Phi) is 5.62. The number of nitro benzene ring substituents is 1. The average molecular weight is 284 g/mol. The van der Waals surface area contributed by atoms with E-state index in [1.165, 1.54) is 18.2 Å². The molecule has 0 heterocycles. The highest BCUT2D eigenvalue weighted by atomic mass is 32.2. The fraction of sp³-hybridized carbons (Fsp3) is 0.417. The van der Waals surface area contributed by atoms with Gasteiger partial charge in [-0.2, -0.15) is 11.8 Å². The zero-order valence-corrected chi connectivity index (χ0v) is 11.6. The van der Waals surface area contributed by atoms with Crippen LogP contribution in [0.2, 0.25) is 0 Å². The summed E-state index contributed by atoms with van der Waals surface area (Å²) < 4.78 is 0. The van der Waals surface area contributed by atoms with Gasteiger partial charge in [-0.25, -0.2) is 4.79 Å². The number of thioether (sulfide) groups is 1. The maximum atomic E-state index is 11.1. The predicted octanol–water partition coefficient (Wildman–Crippen LogP) is 2.70. The molecular formula is C12H16N2O4S. The molecule has 0 aliphatic rings. The lowest BCUT2D eigenvalue weighted by Gasteiger charge is -2.13. The molecule has 1 atom stereocenters. The Morgan fingerprint density at radius 1 is 1.58 bits per heavy atom. The topological polar surface area (TPSA) is 92.5 Å². The predicted molar refractivity (Wildman–Crippen MR) is 76.1 cm³/mol. The lowest BCUT2D eigenvalue weighted by Crippen LogP contribution is -2.15.